The van der Waals surface area contributed by atoms with Crippen molar-refractivity contribution in [2.45, 2.75) is 18.9 Å². The fourth-order valence-corrected chi connectivity index (χ4v) is 4.25. The number of fused-ring (bicyclic) bond motifs is 1. The zero-order chi connectivity index (χ0) is 20.7. The van der Waals surface area contributed by atoms with Gasteiger partial charge in [0, 0.05) is 30.5 Å². The SMILES string of the molecule is O=C1C[C@@H](c2nc3ccccc3n2Cc2ccc(Cl)cc2)CN1c1ccccc1F. The predicted molar refractivity (Wildman–Crippen MR) is 116 cm³/mol. The zero-order valence-electron chi connectivity index (χ0n) is 16.1. The van der Waals surface area contributed by atoms with Gasteiger partial charge in [-0.3, -0.25) is 4.79 Å². The van der Waals surface area contributed by atoms with Crippen LogP contribution in [0.2, 0.25) is 5.02 Å². The van der Waals surface area contributed by atoms with Crippen LogP contribution in [-0.2, 0) is 11.3 Å². The van der Waals surface area contributed by atoms with E-state index in [0.717, 1.165) is 22.4 Å². The molecule has 0 radical (unpaired) electrons. The Bertz CT molecular complexity index is 1230. The molecule has 1 aliphatic heterocycles. The summed E-state index contributed by atoms with van der Waals surface area (Å²) < 4.78 is 16.4. The molecule has 1 saturated heterocycles. The molecular weight excluding hydrogens is 401 g/mol. The van der Waals surface area contributed by atoms with Gasteiger partial charge in [-0.15, -0.1) is 0 Å². The van der Waals surface area contributed by atoms with Gasteiger partial charge >= 0.3 is 0 Å². The summed E-state index contributed by atoms with van der Waals surface area (Å²) in [6, 6.07) is 22.1. The van der Waals surface area contributed by atoms with Crippen LogP contribution in [0.3, 0.4) is 0 Å². The Morgan fingerprint density at radius 2 is 1.73 bits per heavy atom. The molecule has 0 aliphatic carbocycles. The lowest BCUT2D eigenvalue weighted by molar-refractivity contribution is -0.117. The average Bonchev–Trinajstić information content (AvgIpc) is 3.31. The van der Waals surface area contributed by atoms with Crippen LogP contribution in [0.25, 0.3) is 11.0 Å². The third kappa shape index (κ3) is 3.35. The number of nitrogens with zero attached hydrogens (tertiary/aromatic N) is 3. The lowest BCUT2D eigenvalue weighted by Gasteiger charge is -2.18. The monoisotopic (exact) mass is 419 g/mol. The Kier molecular flexibility index (Phi) is 4.75. The number of aromatic nitrogens is 2. The predicted octanol–water partition coefficient (Wildman–Crippen LogP) is 5.40. The van der Waals surface area contributed by atoms with E-state index < -0.39 is 0 Å². The molecule has 6 heteroatoms. The molecule has 3 aromatic carbocycles. The lowest BCUT2D eigenvalue weighted by atomic mass is 10.1. The van der Waals surface area contributed by atoms with E-state index in [2.05, 4.69) is 4.57 Å². The van der Waals surface area contributed by atoms with Crippen LogP contribution in [0.15, 0.2) is 72.8 Å². The van der Waals surface area contributed by atoms with Gasteiger partial charge < -0.3 is 9.47 Å². The summed E-state index contributed by atoms with van der Waals surface area (Å²) in [6.45, 7) is 1.03. The molecule has 1 aliphatic rings. The summed E-state index contributed by atoms with van der Waals surface area (Å²) in [5, 5.41) is 0.691. The number of amides is 1. The van der Waals surface area contributed by atoms with Crippen LogP contribution in [0.1, 0.15) is 23.7 Å². The Hall–Kier alpha value is -3.18. The van der Waals surface area contributed by atoms with Gasteiger partial charge in [-0.25, -0.2) is 9.37 Å². The third-order valence-electron chi connectivity index (χ3n) is 5.57. The van der Waals surface area contributed by atoms with Crippen LogP contribution >= 0.6 is 11.6 Å². The van der Waals surface area contributed by atoms with Gasteiger partial charge in [0.15, 0.2) is 0 Å². The molecular formula is C24H19ClFN3O. The molecule has 5 rings (SSSR count). The highest BCUT2D eigenvalue weighted by Crippen LogP contribution is 2.34. The fourth-order valence-electron chi connectivity index (χ4n) is 4.13. The highest BCUT2D eigenvalue weighted by molar-refractivity contribution is 6.30. The van der Waals surface area contributed by atoms with Gasteiger partial charge in [0.2, 0.25) is 5.91 Å². The average molecular weight is 420 g/mol. The number of rotatable bonds is 4. The van der Waals surface area contributed by atoms with Crippen molar-refractivity contribution in [3.8, 4) is 0 Å². The van der Waals surface area contributed by atoms with Crippen molar-refractivity contribution in [3.63, 3.8) is 0 Å². The van der Waals surface area contributed by atoms with Crippen molar-refractivity contribution >= 4 is 34.2 Å². The topological polar surface area (TPSA) is 38.1 Å². The minimum Gasteiger partial charge on any atom is -0.323 e. The van der Waals surface area contributed by atoms with E-state index >= 15 is 0 Å². The number of hydrogen-bond acceptors (Lipinski definition) is 2. The molecule has 4 aromatic rings. The standard InChI is InChI=1S/C24H19ClFN3O/c25-18-11-9-16(10-12-18)14-29-22-8-4-2-6-20(22)27-24(29)17-13-23(30)28(15-17)21-7-3-1-5-19(21)26/h1-12,17H,13-15H2/t17-/m1/s1. The number of para-hydroxylation sites is 3. The molecule has 0 spiro atoms. The normalized spacial score (nSPS) is 16.5. The van der Waals surface area contributed by atoms with E-state index in [1.54, 1.807) is 18.2 Å². The molecule has 1 amide bonds. The fraction of sp³-hybridized carbons (Fsp3) is 0.167. The molecule has 0 saturated carbocycles. The van der Waals surface area contributed by atoms with E-state index in [1.165, 1.54) is 11.0 Å². The lowest BCUT2D eigenvalue weighted by Crippen LogP contribution is -2.25. The Morgan fingerprint density at radius 3 is 2.53 bits per heavy atom. The zero-order valence-corrected chi connectivity index (χ0v) is 16.9. The largest absolute Gasteiger partial charge is 0.323 e. The van der Waals surface area contributed by atoms with E-state index in [1.807, 2.05) is 48.5 Å². The minimum absolute atomic E-state index is 0.0878. The van der Waals surface area contributed by atoms with Crippen molar-refractivity contribution in [1.82, 2.24) is 9.55 Å². The first kappa shape index (κ1) is 18.8. The highest BCUT2D eigenvalue weighted by Gasteiger charge is 2.35. The second-order valence-electron chi connectivity index (χ2n) is 7.53. The number of halogens is 2. The first-order valence-electron chi connectivity index (χ1n) is 9.84. The van der Waals surface area contributed by atoms with E-state index in [0.29, 0.717) is 30.2 Å². The maximum atomic E-state index is 14.3. The Morgan fingerprint density at radius 1 is 1.00 bits per heavy atom. The van der Waals surface area contributed by atoms with Crippen molar-refractivity contribution < 1.29 is 9.18 Å². The number of anilines is 1. The van der Waals surface area contributed by atoms with E-state index in [4.69, 9.17) is 16.6 Å². The van der Waals surface area contributed by atoms with Crippen LogP contribution in [-0.4, -0.2) is 22.0 Å². The van der Waals surface area contributed by atoms with Crippen LogP contribution in [0.4, 0.5) is 10.1 Å². The van der Waals surface area contributed by atoms with Crippen molar-refractivity contribution in [1.29, 1.82) is 0 Å². The second kappa shape index (κ2) is 7.58. The highest BCUT2D eigenvalue weighted by atomic mass is 35.5. The Labute approximate surface area is 178 Å². The van der Waals surface area contributed by atoms with Gasteiger partial charge in [-0.2, -0.15) is 0 Å². The minimum atomic E-state index is -0.388. The quantitative estimate of drug-likeness (QED) is 0.444. The van der Waals surface area contributed by atoms with E-state index in [-0.39, 0.29) is 17.6 Å². The molecule has 0 N–H and O–H groups in total. The van der Waals surface area contributed by atoms with Crippen molar-refractivity contribution in [2.24, 2.45) is 0 Å². The molecule has 1 fully saturated rings. The molecule has 4 nitrogen and oxygen atoms in total. The van der Waals surface area contributed by atoms with Gasteiger partial charge in [0.25, 0.3) is 0 Å². The third-order valence-corrected chi connectivity index (χ3v) is 5.82. The first-order chi connectivity index (χ1) is 14.6. The van der Waals surface area contributed by atoms with E-state index in [9.17, 15) is 9.18 Å². The van der Waals surface area contributed by atoms with Crippen molar-refractivity contribution in [2.75, 3.05) is 11.4 Å². The van der Waals surface area contributed by atoms with Gasteiger partial charge in [0.05, 0.1) is 16.7 Å². The summed E-state index contributed by atoms with van der Waals surface area (Å²) >= 11 is 6.03. The number of benzene rings is 3. The molecule has 1 aromatic heterocycles. The van der Waals surface area contributed by atoms with Crippen LogP contribution in [0, 0.1) is 5.82 Å². The van der Waals surface area contributed by atoms with Gasteiger partial charge in [-0.05, 0) is 42.0 Å². The van der Waals surface area contributed by atoms with Gasteiger partial charge in [0.1, 0.15) is 11.6 Å². The molecule has 2 heterocycles. The number of imidazole rings is 1. The van der Waals surface area contributed by atoms with Crippen LogP contribution in [0.5, 0.6) is 0 Å². The summed E-state index contributed by atoms with van der Waals surface area (Å²) in [6.07, 6.45) is 0.304. The number of carbonyl (C=O) groups excluding carboxylic acids is 1. The maximum Gasteiger partial charge on any atom is 0.227 e. The summed E-state index contributed by atoms with van der Waals surface area (Å²) in [4.78, 5) is 19.1. The molecule has 0 bridgehead atoms. The summed E-state index contributed by atoms with van der Waals surface area (Å²) in [5.41, 5.74) is 3.32. The van der Waals surface area contributed by atoms with Gasteiger partial charge in [-0.1, -0.05) is 48.0 Å². The molecule has 150 valence electrons. The second-order valence-corrected chi connectivity index (χ2v) is 7.96. The maximum absolute atomic E-state index is 14.3. The van der Waals surface area contributed by atoms with Crippen molar-refractivity contribution in [3.05, 3.63) is 95.0 Å². The first-order valence-corrected chi connectivity index (χ1v) is 10.2. The smallest absolute Gasteiger partial charge is 0.227 e. The Balaban J connectivity index is 1.53. The number of carbonyl (C=O) groups is 1. The molecule has 1 atom stereocenters. The summed E-state index contributed by atoms with van der Waals surface area (Å²) in [7, 11) is 0. The summed E-state index contributed by atoms with van der Waals surface area (Å²) in [5.74, 6) is 0.256. The molecule has 0 unspecified atom stereocenters. The van der Waals surface area contributed by atoms with Crippen LogP contribution < -0.4 is 4.90 Å². The number of hydrogen-bond donors (Lipinski definition) is 0. The molecule has 30 heavy (non-hydrogen) atoms.